The molecule has 0 aliphatic heterocycles. The van der Waals surface area contributed by atoms with Crippen LogP contribution in [0, 0.1) is 0 Å². The fraction of sp³-hybridized carbons (Fsp3) is 0. The van der Waals surface area contributed by atoms with Crippen LogP contribution in [0.25, 0.3) is 16.7 Å². The smallest absolute Gasteiger partial charge is 0.206 e. The first-order valence-electron chi connectivity index (χ1n) is 4.72. The number of benzene rings is 1. The SMILES string of the molecule is Nc1nc2c(Cl)cccc2n1-c1ccsc1. The Bertz CT molecular complexity index is 643. The van der Waals surface area contributed by atoms with Gasteiger partial charge in [-0.2, -0.15) is 11.3 Å². The number of para-hydroxylation sites is 1. The van der Waals surface area contributed by atoms with Crippen LogP contribution in [0.3, 0.4) is 0 Å². The molecule has 0 bridgehead atoms. The van der Waals surface area contributed by atoms with Crippen LogP contribution in [0.15, 0.2) is 35.0 Å². The minimum Gasteiger partial charge on any atom is -0.369 e. The van der Waals surface area contributed by atoms with Crippen LogP contribution in [0.5, 0.6) is 0 Å². The molecule has 0 spiro atoms. The van der Waals surface area contributed by atoms with Crippen molar-refractivity contribution < 1.29 is 0 Å². The first-order chi connectivity index (χ1) is 7.77. The standard InChI is InChI=1S/C11H8ClN3S/c12-8-2-1-3-9-10(8)14-11(13)15(9)7-4-5-16-6-7/h1-6H,(H2,13,14). The van der Waals surface area contributed by atoms with Crippen molar-refractivity contribution in [2.75, 3.05) is 5.73 Å². The van der Waals surface area contributed by atoms with Gasteiger partial charge < -0.3 is 5.73 Å². The predicted molar refractivity (Wildman–Crippen MR) is 68.4 cm³/mol. The minimum absolute atomic E-state index is 0.460. The number of nitrogen functional groups attached to an aromatic ring is 1. The second kappa shape index (κ2) is 3.50. The lowest BCUT2D eigenvalue weighted by Crippen LogP contribution is -1.98. The molecule has 3 nitrogen and oxygen atoms in total. The highest BCUT2D eigenvalue weighted by Gasteiger charge is 2.11. The Hall–Kier alpha value is -1.52. The number of thiophene rings is 1. The number of halogens is 1. The summed E-state index contributed by atoms with van der Waals surface area (Å²) in [5.41, 5.74) is 8.61. The summed E-state index contributed by atoms with van der Waals surface area (Å²) in [7, 11) is 0. The highest BCUT2D eigenvalue weighted by molar-refractivity contribution is 7.08. The summed E-state index contributed by atoms with van der Waals surface area (Å²) in [5.74, 6) is 0.460. The Kier molecular flexibility index (Phi) is 2.12. The van der Waals surface area contributed by atoms with Crippen molar-refractivity contribution in [2.24, 2.45) is 0 Å². The molecule has 0 aliphatic rings. The molecule has 2 aromatic heterocycles. The molecular weight excluding hydrogens is 242 g/mol. The number of nitrogens with two attached hydrogens (primary N) is 1. The van der Waals surface area contributed by atoms with E-state index in [2.05, 4.69) is 4.98 Å². The van der Waals surface area contributed by atoms with Gasteiger partial charge >= 0.3 is 0 Å². The molecule has 0 fully saturated rings. The van der Waals surface area contributed by atoms with Gasteiger partial charge in [0.1, 0.15) is 5.52 Å². The normalized spacial score (nSPS) is 11.1. The number of hydrogen-bond acceptors (Lipinski definition) is 3. The summed E-state index contributed by atoms with van der Waals surface area (Å²) in [5, 5.41) is 4.65. The van der Waals surface area contributed by atoms with E-state index in [0.717, 1.165) is 16.7 Å². The summed E-state index contributed by atoms with van der Waals surface area (Å²) >= 11 is 7.70. The molecule has 16 heavy (non-hydrogen) atoms. The van der Waals surface area contributed by atoms with Crippen LogP contribution < -0.4 is 5.73 Å². The van der Waals surface area contributed by atoms with E-state index >= 15 is 0 Å². The van der Waals surface area contributed by atoms with Gasteiger partial charge in [-0.25, -0.2) is 4.98 Å². The lowest BCUT2D eigenvalue weighted by molar-refractivity contribution is 1.12. The van der Waals surface area contributed by atoms with Crippen LogP contribution in [0.1, 0.15) is 0 Å². The Morgan fingerprint density at radius 3 is 2.94 bits per heavy atom. The van der Waals surface area contributed by atoms with E-state index in [0.29, 0.717) is 11.0 Å². The van der Waals surface area contributed by atoms with E-state index in [1.807, 2.05) is 39.6 Å². The maximum absolute atomic E-state index is 6.07. The molecule has 0 radical (unpaired) electrons. The summed E-state index contributed by atoms with van der Waals surface area (Å²) in [4.78, 5) is 4.28. The highest BCUT2D eigenvalue weighted by atomic mass is 35.5. The number of anilines is 1. The molecule has 5 heteroatoms. The van der Waals surface area contributed by atoms with E-state index in [4.69, 9.17) is 17.3 Å². The number of rotatable bonds is 1. The lowest BCUT2D eigenvalue weighted by Gasteiger charge is -2.02. The number of hydrogen-bond donors (Lipinski definition) is 1. The van der Waals surface area contributed by atoms with Crippen LogP contribution in [-0.2, 0) is 0 Å². The molecule has 3 aromatic rings. The van der Waals surface area contributed by atoms with Crippen molar-refractivity contribution >= 4 is 39.9 Å². The van der Waals surface area contributed by atoms with Crippen molar-refractivity contribution in [1.82, 2.24) is 9.55 Å². The predicted octanol–water partition coefficient (Wildman–Crippen LogP) is 3.32. The molecular formula is C11H8ClN3S. The zero-order chi connectivity index (χ0) is 11.1. The third kappa shape index (κ3) is 1.31. The van der Waals surface area contributed by atoms with Crippen LogP contribution in [-0.4, -0.2) is 9.55 Å². The molecule has 3 rings (SSSR count). The first-order valence-corrected chi connectivity index (χ1v) is 6.04. The van der Waals surface area contributed by atoms with Crippen molar-refractivity contribution in [2.45, 2.75) is 0 Å². The molecule has 2 heterocycles. The molecule has 0 saturated carbocycles. The van der Waals surface area contributed by atoms with E-state index < -0.39 is 0 Å². The summed E-state index contributed by atoms with van der Waals surface area (Å²) in [6.45, 7) is 0. The highest BCUT2D eigenvalue weighted by Crippen LogP contribution is 2.28. The van der Waals surface area contributed by atoms with Crippen LogP contribution >= 0.6 is 22.9 Å². The average Bonchev–Trinajstić information content (AvgIpc) is 2.85. The van der Waals surface area contributed by atoms with Crippen molar-refractivity contribution in [1.29, 1.82) is 0 Å². The summed E-state index contributed by atoms with van der Waals surface area (Å²) in [6, 6.07) is 7.67. The van der Waals surface area contributed by atoms with E-state index in [9.17, 15) is 0 Å². The Morgan fingerprint density at radius 1 is 1.31 bits per heavy atom. The molecule has 0 unspecified atom stereocenters. The molecule has 2 N–H and O–H groups in total. The second-order valence-electron chi connectivity index (χ2n) is 3.39. The van der Waals surface area contributed by atoms with Gasteiger partial charge in [-0.05, 0) is 23.6 Å². The average molecular weight is 250 g/mol. The largest absolute Gasteiger partial charge is 0.369 e. The lowest BCUT2D eigenvalue weighted by atomic mass is 10.3. The van der Waals surface area contributed by atoms with Gasteiger partial charge in [-0.3, -0.25) is 4.57 Å². The zero-order valence-corrected chi connectivity index (χ0v) is 9.79. The monoisotopic (exact) mass is 249 g/mol. The molecule has 80 valence electrons. The number of imidazole rings is 1. The van der Waals surface area contributed by atoms with Gasteiger partial charge in [0, 0.05) is 5.38 Å². The van der Waals surface area contributed by atoms with Gasteiger partial charge in [0.25, 0.3) is 0 Å². The van der Waals surface area contributed by atoms with Crippen LogP contribution in [0.4, 0.5) is 5.95 Å². The minimum atomic E-state index is 0.460. The third-order valence-electron chi connectivity index (χ3n) is 2.43. The molecule has 0 aliphatic carbocycles. The molecule has 0 atom stereocenters. The second-order valence-corrected chi connectivity index (χ2v) is 4.58. The van der Waals surface area contributed by atoms with Gasteiger partial charge in [-0.1, -0.05) is 17.7 Å². The summed E-state index contributed by atoms with van der Waals surface area (Å²) < 4.78 is 1.90. The number of fused-ring (bicyclic) bond motifs is 1. The van der Waals surface area contributed by atoms with Crippen LogP contribution in [0.2, 0.25) is 5.02 Å². The van der Waals surface area contributed by atoms with Crippen molar-refractivity contribution in [3.8, 4) is 5.69 Å². The number of nitrogens with zero attached hydrogens (tertiary/aromatic N) is 2. The maximum Gasteiger partial charge on any atom is 0.206 e. The molecule has 1 aromatic carbocycles. The Morgan fingerprint density at radius 2 is 2.19 bits per heavy atom. The molecule has 0 amide bonds. The van der Waals surface area contributed by atoms with E-state index in [-0.39, 0.29) is 0 Å². The van der Waals surface area contributed by atoms with Gasteiger partial charge in [0.05, 0.1) is 16.2 Å². The van der Waals surface area contributed by atoms with Gasteiger partial charge in [0.15, 0.2) is 0 Å². The quantitative estimate of drug-likeness (QED) is 0.719. The van der Waals surface area contributed by atoms with Gasteiger partial charge in [0.2, 0.25) is 5.95 Å². The maximum atomic E-state index is 6.07. The van der Waals surface area contributed by atoms with E-state index in [1.54, 1.807) is 11.3 Å². The van der Waals surface area contributed by atoms with E-state index in [1.165, 1.54) is 0 Å². The fourth-order valence-electron chi connectivity index (χ4n) is 1.74. The first kappa shape index (κ1) is 9.69. The number of aromatic nitrogens is 2. The van der Waals surface area contributed by atoms with Gasteiger partial charge in [-0.15, -0.1) is 0 Å². The summed E-state index contributed by atoms with van der Waals surface area (Å²) in [6.07, 6.45) is 0. The van der Waals surface area contributed by atoms with Crippen molar-refractivity contribution in [3.63, 3.8) is 0 Å². The topological polar surface area (TPSA) is 43.8 Å². The molecule has 0 saturated heterocycles. The Balaban J connectivity index is 2.41. The third-order valence-corrected chi connectivity index (χ3v) is 3.40. The fourth-order valence-corrected chi connectivity index (χ4v) is 2.57. The van der Waals surface area contributed by atoms with Crippen molar-refractivity contribution in [3.05, 3.63) is 40.0 Å². The zero-order valence-electron chi connectivity index (χ0n) is 8.22. The Labute approximate surface area is 101 Å².